The zero-order chi connectivity index (χ0) is 14.6. The first-order valence-corrected chi connectivity index (χ1v) is 6.95. The van der Waals surface area contributed by atoms with Crippen LogP contribution in [0, 0.1) is 0 Å². The summed E-state index contributed by atoms with van der Waals surface area (Å²) in [6.07, 6.45) is 2.74. The summed E-state index contributed by atoms with van der Waals surface area (Å²) in [6, 6.07) is 0. The van der Waals surface area contributed by atoms with Crippen LogP contribution in [0.5, 0.6) is 0 Å². The Morgan fingerprint density at radius 2 is 2.10 bits per heavy atom. The van der Waals surface area contributed by atoms with E-state index in [1.54, 1.807) is 0 Å². The smallest absolute Gasteiger partial charge is 0.271 e. The maximum Gasteiger partial charge on any atom is 0.271 e. The molecule has 0 spiro atoms. The summed E-state index contributed by atoms with van der Waals surface area (Å²) in [5.74, 6) is -0.240. The third-order valence-corrected chi connectivity index (χ3v) is 3.60. The molecular weight excluding hydrogens is 280 g/mol. The van der Waals surface area contributed by atoms with Crippen LogP contribution in [0.4, 0.5) is 0 Å². The number of amides is 1. The average molecular weight is 299 g/mol. The highest BCUT2D eigenvalue weighted by Gasteiger charge is 2.28. The Labute approximate surface area is 123 Å². The SMILES string of the molecule is CC(C)(CNC(=O)c1cnc(Cl)cn1)N1CCOCC1. The van der Waals surface area contributed by atoms with Gasteiger partial charge in [0.05, 0.1) is 25.6 Å². The number of hydrogen-bond donors (Lipinski definition) is 1. The van der Waals surface area contributed by atoms with Crippen LogP contribution in [0.2, 0.25) is 5.15 Å². The van der Waals surface area contributed by atoms with Crippen molar-refractivity contribution in [1.29, 1.82) is 0 Å². The highest BCUT2D eigenvalue weighted by molar-refractivity contribution is 6.29. The molecule has 6 nitrogen and oxygen atoms in total. The number of carbonyl (C=O) groups is 1. The molecule has 1 saturated heterocycles. The van der Waals surface area contributed by atoms with E-state index < -0.39 is 0 Å². The van der Waals surface area contributed by atoms with Gasteiger partial charge in [-0.1, -0.05) is 11.6 Å². The van der Waals surface area contributed by atoms with E-state index in [0.29, 0.717) is 6.54 Å². The second-order valence-corrected chi connectivity index (χ2v) is 5.71. The molecular formula is C13H19ClN4O2. The summed E-state index contributed by atoms with van der Waals surface area (Å²) in [4.78, 5) is 22.1. The number of ether oxygens (including phenoxy) is 1. The molecule has 1 aromatic heterocycles. The highest BCUT2D eigenvalue weighted by Crippen LogP contribution is 2.15. The van der Waals surface area contributed by atoms with Gasteiger partial charge in [0.1, 0.15) is 10.8 Å². The third-order valence-electron chi connectivity index (χ3n) is 3.40. The number of nitrogens with one attached hydrogen (secondary N) is 1. The van der Waals surface area contributed by atoms with Crippen molar-refractivity contribution < 1.29 is 9.53 Å². The molecule has 1 aromatic rings. The minimum Gasteiger partial charge on any atom is -0.379 e. The lowest BCUT2D eigenvalue weighted by Crippen LogP contribution is -2.55. The number of aromatic nitrogens is 2. The second-order valence-electron chi connectivity index (χ2n) is 5.32. The van der Waals surface area contributed by atoms with Crippen molar-refractivity contribution in [2.75, 3.05) is 32.8 Å². The van der Waals surface area contributed by atoms with Gasteiger partial charge in [-0.25, -0.2) is 9.97 Å². The van der Waals surface area contributed by atoms with Gasteiger partial charge in [0.15, 0.2) is 0 Å². The number of nitrogens with zero attached hydrogens (tertiary/aromatic N) is 3. The van der Waals surface area contributed by atoms with E-state index in [2.05, 4.69) is 34.0 Å². The summed E-state index contributed by atoms with van der Waals surface area (Å²) < 4.78 is 5.34. The minimum absolute atomic E-state index is 0.126. The molecule has 1 aliphatic rings. The van der Waals surface area contributed by atoms with E-state index >= 15 is 0 Å². The minimum atomic E-state index is -0.240. The quantitative estimate of drug-likeness (QED) is 0.897. The lowest BCUT2D eigenvalue weighted by Gasteiger charge is -2.40. The summed E-state index contributed by atoms with van der Waals surface area (Å²) in [5.41, 5.74) is 0.145. The molecule has 2 rings (SSSR count). The zero-order valence-corrected chi connectivity index (χ0v) is 12.5. The fraction of sp³-hybridized carbons (Fsp3) is 0.615. The summed E-state index contributed by atoms with van der Waals surface area (Å²) in [6.45, 7) is 7.97. The molecule has 0 aromatic carbocycles. The molecule has 0 bridgehead atoms. The Morgan fingerprint density at radius 1 is 1.40 bits per heavy atom. The van der Waals surface area contributed by atoms with Gasteiger partial charge in [-0.05, 0) is 13.8 Å². The van der Waals surface area contributed by atoms with E-state index in [4.69, 9.17) is 16.3 Å². The molecule has 0 atom stereocenters. The molecule has 0 unspecified atom stereocenters. The van der Waals surface area contributed by atoms with Crippen LogP contribution < -0.4 is 5.32 Å². The Hall–Kier alpha value is -1.24. The third kappa shape index (κ3) is 3.88. The number of halogens is 1. The number of rotatable bonds is 4. The lowest BCUT2D eigenvalue weighted by molar-refractivity contribution is -0.00924. The Kier molecular flexibility index (Phi) is 4.91. The van der Waals surface area contributed by atoms with Crippen LogP contribution in [0.1, 0.15) is 24.3 Å². The van der Waals surface area contributed by atoms with Gasteiger partial charge in [0, 0.05) is 25.2 Å². The number of carbonyl (C=O) groups excluding carboxylic acids is 1. The molecule has 110 valence electrons. The van der Waals surface area contributed by atoms with Gasteiger partial charge in [0.2, 0.25) is 0 Å². The van der Waals surface area contributed by atoms with Crippen LogP contribution in [-0.4, -0.2) is 59.2 Å². The zero-order valence-electron chi connectivity index (χ0n) is 11.7. The van der Waals surface area contributed by atoms with E-state index in [1.807, 2.05) is 0 Å². The first-order valence-electron chi connectivity index (χ1n) is 6.57. The molecule has 0 saturated carbocycles. The molecule has 1 fully saturated rings. The first-order chi connectivity index (χ1) is 9.49. The van der Waals surface area contributed by atoms with E-state index in [1.165, 1.54) is 12.4 Å². The fourth-order valence-corrected chi connectivity index (χ4v) is 2.19. The molecule has 1 aliphatic heterocycles. The maximum absolute atomic E-state index is 12.0. The van der Waals surface area contributed by atoms with Gasteiger partial charge in [-0.2, -0.15) is 0 Å². The van der Waals surface area contributed by atoms with Gasteiger partial charge < -0.3 is 10.1 Å². The predicted octanol–water partition coefficient (Wildman–Crippen LogP) is 0.971. The average Bonchev–Trinajstić information content (AvgIpc) is 2.46. The summed E-state index contributed by atoms with van der Waals surface area (Å²) in [7, 11) is 0. The Bertz CT molecular complexity index is 458. The topological polar surface area (TPSA) is 67.4 Å². The molecule has 7 heteroatoms. The predicted molar refractivity (Wildman–Crippen MR) is 75.8 cm³/mol. The van der Waals surface area contributed by atoms with Crippen molar-refractivity contribution in [2.45, 2.75) is 19.4 Å². The van der Waals surface area contributed by atoms with Crippen molar-refractivity contribution in [3.63, 3.8) is 0 Å². The molecule has 1 N–H and O–H groups in total. The van der Waals surface area contributed by atoms with Crippen molar-refractivity contribution in [2.24, 2.45) is 0 Å². The molecule has 20 heavy (non-hydrogen) atoms. The van der Waals surface area contributed by atoms with Crippen LogP contribution in [0.25, 0.3) is 0 Å². The monoisotopic (exact) mass is 298 g/mol. The molecule has 1 amide bonds. The van der Waals surface area contributed by atoms with Crippen LogP contribution in [-0.2, 0) is 4.74 Å². The fourth-order valence-electron chi connectivity index (χ4n) is 2.10. The normalized spacial score (nSPS) is 16.9. The lowest BCUT2D eigenvalue weighted by atomic mass is 10.0. The van der Waals surface area contributed by atoms with Crippen molar-refractivity contribution in [1.82, 2.24) is 20.2 Å². The van der Waals surface area contributed by atoms with Gasteiger partial charge in [-0.15, -0.1) is 0 Å². The summed E-state index contributed by atoms with van der Waals surface area (Å²) >= 11 is 5.64. The van der Waals surface area contributed by atoms with Crippen molar-refractivity contribution in [3.05, 3.63) is 23.2 Å². The maximum atomic E-state index is 12.0. The molecule has 2 heterocycles. The van der Waals surface area contributed by atoms with E-state index in [9.17, 15) is 4.79 Å². The van der Waals surface area contributed by atoms with Crippen molar-refractivity contribution >= 4 is 17.5 Å². The molecule has 0 aliphatic carbocycles. The van der Waals surface area contributed by atoms with E-state index in [-0.39, 0.29) is 22.3 Å². The van der Waals surface area contributed by atoms with Crippen LogP contribution in [0.3, 0.4) is 0 Å². The second kappa shape index (κ2) is 6.47. The van der Waals surface area contributed by atoms with Crippen LogP contribution in [0.15, 0.2) is 12.4 Å². The van der Waals surface area contributed by atoms with Gasteiger partial charge in [0.25, 0.3) is 5.91 Å². The van der Waals surface area contributed by atoms with Gasteiger partial charge >= 0.3 is 0 Å². The van der Waals surface area contributed by atoms with Crippen molar-refractivity contribution in [3.8, 4) is 0 Å². The Balaban J connectivity index is 1.90. The number of morpholine rings is 1. The first kappa shape index (κ1) is 15.2. The standard InChI is InChI=1S/C13H19ClN4O2/c1-13(2,18-3-5-20-6-4-18)9-17-12(19)10-7-16-11(14)8-15-10/h7-8H,3-6,9H2,1-2H3,(H,17,19). The Morgan fingerprint density at radius 3 is 2.70 bits per heavy atom. The van der Waals surface area contributed by atoms with Gasteiger partial charge in [-0.3, -0.25) is 9.69 Å². The van der Waals surface area contributed by atoms with E-state index in [0.717, 1.165) is 26.3 Å². The highest BCUT2D eigenvalue weighted by atomic mass is 35.5. The number of hydrogen-bond acceptors (Lipinski definition) is 5. The largest absolute Gasteiger partial charge is 0.379 e. The van der Waals surface area contributed by atoms with Crippen LogP contribution >= 0.6 is 11.6 Å². The molecule has 0 radical (unpaired) electrons. The summed E-state index contributed by atoms with van der Waals surface area (Å²) in [5, 5.41) is 3.16.